The standard InChI is InChI=1S/C20H17BrN2O4S/c1-12-2-4-13(5-3-12)10-23-19(25)17(28-20(23)26)9-14-6-7-16(15(21)8-14)27-11-18(22)24/h2-9H,10-11H2,1H3,(H2,22,24)/b17-9-. The molecule has 1 aliphatic rings. The van der Waals surface area contributed by atoms with E-state index in [4.69, 9.17) is 10.5 Å². The number of primary amides is 1. The first-order valence-corrected chi connectivity index (χ1v) is 9.96. The predicted molar refractivity (Wildman–Crippen MR) is 112 cm³/mol. The van der Waals surface area contributed by atoms with Crippen molar-refractivity contribution < 1.29 is 19.1 Å². The van der Waals surface area contributed by atoms with Crippen LogP contribution in [0.15, 0.2) is 51.8 Å². The van der Waals surface area contributed by atoms with Gasteiger partial charge in [-0.05, 0) is 64.0 Å². The quantitative estimate of drug-likeness (QED) is 0.660. The Bertz CT molecular complexity index is 973. The van der Waals surface area contributed by atoms with Crippen LogP contribution >= 0.6 is 27.7 Å². The summed E-state index contributed by atoms with van der Waals surface area (Å²) in [6, 6.07) is 12.8. The number of nitrogens with zero attached hydrogens (tertiary/aromatic N) is 1. The molecule has 1 heterocycles. The van der Waals surface area contributed by atoms with E-state index in [0.29, 0.717) is 15.1 Å². The van der Waals surface area contributed by atoms with E-state index in [1.807, 2.05) is 31.2 Å². The maximum absolute atomic E-state index is 12.6. The fraction of sp³-hybridized carbons (Fsp3) is 0.150. The molecule has 0 unspecified atom stereocenters. The van der Waals surface area contributed by atoms with Gasteiger partial charge in [-0.1, -0.05) is 35.9 Å². The van der Waals surface area contributed by atoms with Gasteiger partial charge in [0, 0.05) is 0 Å². The van der Waals surface area contributed by atoms with Gasteiger partial charge in [-0.25, -0.2) is 0 Å². The molecule has 2 aromatic rings. The number of benzene rings is 2. The van der Waals surface area contributed by atoms with Crippen LogP contribution in [-0.4, -0.2) is 28.6 Å². The van der Waals surface area contributed by atoms with Crippen molar-refractivity contribution >= 4 is 50.8 Å². The molecule has 1 saturated heterocycles. The Labute approximate surface area is 174 Å². The van der Waals surface area contributed by atoms with E-state index in [2.05, 4.69) is 15.9 Å². The van der Waals surface area contributed by atoms with E-state index in [1.165, 1.54) is 4.90 Å². The highest BCUT2D eigenvalue weighted by Gasteiger charge is 2.34. The number of carbonyl (C=O) groups excluding carboxylic acids is 3. The lowest BCUT2D eigenvalue weighted by Gasteiger charge is -2.12. The summed E-state index contributed by atoms with van der Waals surface area (Å²) in [4.78, 5) is 37.3. The minimum absolute atomic E-state index is 0.226. The van der Waals surface area contributed by atoms with Gasteiger partial charge in [0.15, 0.2) is 6.61 Å². The zero-order valence-corrected chi connectivity index (χ0v) is 17.4. The molecule has 28 heavy (non-hydrogen) atoms. The van der Waals surface area contributed by atoms with Gasteiger partial charge in [0.05, 0.1) is 15.9 Å². The molecule has 6 nitrogen and oxygen atoms in total. The third-order valence-electron chi connectivity index (χ3n) is 3.96. The van der Waals surface area contributed by atoms with E-state index in [1.54, 1.807) is 24.3 Å². The van der Waals surface area contributed by atoms with Crippen LogP contribution in [0.2, 0.25) is 0 Å². The zero-order valence-electron chi connectivity index (χ0n) is 15.0. The summed E-state index contributed by atoms with van der Waals surface area (Å²) < 4.78 is 5.89. The second-order valence-electron chi connectivity index (χ2n) is 6.20. The summed E-state index contributed by atoms with van der Waals surface area (Å²) >= 11 is 4.27. The molecule has 0 atom stereocenters. The first-order valence-electron chi connectivity index (χ1n) is 8.35. The molecular formula is C20H17BrN2O4S. The van der Waals surface area contributed by atoms with Crippen molar-refractivity contribution in [3.05, 3.63) is 68.5 Å². The second kappa shape index (κ2) is 8.62. The molecule has 0 saturated carbocycles. The molecule has 2 aromatic carbocycles. The average molecular weight is 461 g/mol. The highest BCUT2D eigenvalue weighted by molar-refractivity contribution is 9.10. The minimum atomic E-state index is -0.571. The Morgan fingerprint density at radius 3 is 2.57 bits per heavy atom. The number of carbonyl (C=O) groups is 3. The maximum atomic E-state index is 12.6. The Balaban J connectivity index is 1.75. The highest BCUT2D eigenvalue weighted by atomic mass is 79.9. The molecule has 0 aliphatic carbocycles. The molecular weight excluding hydrogens is 444 g/mol. The van der Waals surface area contributed by atoms with Gasteiger partial charge in [-0.2, -0.15) is 0 Å². The summed E-state index contributed by atoms with van der Waals surface area (Å²) in [5.41, 5.74) is 7.80. The van der Waals surface area contributed by atoms with Crippen LogP contribution in [-0.2, 0) is 16.1 Å². The topological polar surface area (TPSA) is 89.7 Å². The number of ether oxygens (including phenoxy) is 1. The van der Waals surface area contributed by atoms with Crippen molar-refractivity contribution in [3.63, 3.8) is 0 Å². The van der Waals surface area contributed by atoms with Crippen LogP contribution in [0, 0.1) is 6.92 Å². The van der Waals surface area contributed by atoms with E-state index in [9.17, 15) is 14.4 Å². The molecule has 0 aromatic heterocycles. The summed E-state index contributed by atoms with van der Waals surface area (Å²) in [7, 11) is 0. The number of thioether (sulfide) groups is 1. The number of hydrogen-bond donors (Lipinski definition) is 1. The molecule has 2 N–H and O–H groups in total. The van der Waals surface area contributed by atoms with Crippen LogP contribution in [0.3, 0.4) is 0 Å². The number of nitrogens with two attached hydrogens (primary N) is 1. The van der Waals surface area contributed by atoms with Gasteiger partial charge in [0.25, 0.3) is 17.1 Å². The van der Waals surface area contributed by atoms with Crippen LogP contribution in [0.4, 0.5) is 4.79 Å². The Hall–Kier alpha value is -2.58. The molecule has 0 radical (unpaired) electrons. The number of halogens is 1. The lowest BCUT2D eigenvalue weighted by molar-refractivity contribution is -0.123. The van der Waals surface area contributed by atoms with Crippen molar-refractivity contribution in [2.45, 2.75) is 13.5 Å². The van der Waals surface area contributed by atoms with Crippen LogP contribution in [0.1, 0.15) is 16.7 Å². The first-order chi connectivity index (χ1) is 13.3. The molecule has 3 rings (SSSR count). The van der Waals surface area contributed by atoms with Gasteiger partial charge in [0.1, 0.15) is 5.75 Å². The zero-order chi connectivity index (χ0) is 20.3. The van der Waals surface area contributed by atoms with Crippen molar-refractivity contribution in [2.75, 3.05) is 6.61 Å². The van der Waals surface area contributed by atoms with Gasteiger partial charge in [0.2, 0.25) is 0 Å². The lowest BCUT2D eigenvalue weighted by Crippen LogP contribution is -2.27. The van der Waals surface area contributed by atoms with Gasteiger partial charge in [-0.15, -0.1) is 0 Å². The third kappa shape index (κ3) is 4.82. The molecule has 144 valence electrons. The number of rotatable bonds is 6. The van der Waals surface area contributed by atoms with Gasteiger partial charge in [-0.3, -0.25) is 19.3 Å². The third-order valence-corrected chi connectivity index (χ3v) is 5.49. The van der Waals surface area contributed by atoms with E-state index < -0.39 is 5.91 Å². The average Bonchev–Trinajstić information content (AvgIpc) is 2.90. The monoisotopic (exact) mass is 460 g/mol. The largest absolute Gasteiger partial charge is 0.483 e. The number of aryl methyl sites for hydroxylation is 1. The number of amides is 3. The van der Waals surface area contributed by atoms with E-state index in [-0.39, 0.29) is 24.3 Å². The van der Waals surface area contributed by atoms with Gasteiger partial charge >= 0.3 is 0 Å². The summed E-state index contributed by atoms with van der Waals surface area (Å²) in [5, 5.41) is -0.294. The van der Waals surface area contributed by atoms with Gasteiger partial charge < -0.3 is 10.5 Å². The van der Waals surface area contributed by atoms with Crippen molar-refractivity contribution in [2.24, 2.45) is 5.73 Å². The van der Waals surface area contributed by atoms with E-state index >= 15 is 0 Å². The first kappa shape index (κ1) is 20.2. The predicted octanol–water partition coefficient (Wildman–Crippen LogP) is 3.86. The SMILES string of the molecule is Cc1ccc(CN2C(=O)S/C(=C\c3ccc(OCC(N)=O)c(Br)c3)C2=O)cc1. The minimum Gasteiger partial charge on any atom is -0.483 e. The fourth-order valence-electron chi connectivity index (χ4n) is 2.54. The van der Waals surface area contributed by atoms with Crippen molar-refractivity contribution in [1.82, 2.24) is 4.90 Å². The van der Waals surface area contributed by atoms with Crippen molar-refractivity contribution in [1.29, 1.82) is 0 Å². The van der Waals surface area contributed by atoms with E-state index in [0.717, 1.165) is 28.5 Å². The highest BCUT2D eigenvalue weighted by Crippen LogP contribution is 2.34. The van der Waals surface area contributed by atoms with Crippen molar-refractivity contribution in [3.8, 4) is 5.75 Å². The maximum Gasteiger partial charge on any atom is 0.293 e. The fourth-order valence-corrected chi connectivity index (χ4v) is 3.89. The smallest absolute Gasteiger partial charge is 0.293 e. The van der Waals surface area contributed by atoms with Crippen LogP contribution < -0.4 is 10.5 Å². The number of hydrogen-bond acceptors (Lipinski definition) is 5. The van der Waals surface area contributed by atoms with Crippen LogP contribution in [0.5, 0.6) is 5.75 Å². The van der Waals surface area contributed by atoms with Crippen LogP contribution in [0.25, 0.3) is 6.08 Å². The Kier molecular flexibility index (Phi) is 6.21. The number of imide groups is 1. The Morgan fingerprint density at radius 1 is 1.21 bits per heavy atom. The Morgan fingerprint density at radius 2 is 1.93 bits per heavy atom. The molecule has 1 fully saturated rings. The summed E-state index contributed by atoms with van der Waals surface area (Å²) in [5.74, 6) is -0.428. The molecule has 8 heteroatoms. The normalized spacial score (nSPS) is 15.4. The molecule has 0 spiro atoms. The summed E-state index contributed by atoms with van der Waals surface area (Å²) in [6.45, 7) is 2.00. The lowest BCUT2D eigenvalue weighted by atomic mass is 10.1. The summed E-state index contributed by atoms with van der Waals surface area (Å²) in [6.07, 6.45) is 1.66. The second-order valence-corrected chi connectivity index (χ2v) is 8.05. The molecule has 3 amide bonds. The molecule has 1 aliphatic heterocycles. The molecule has 0 bridgehead atoms.